The largest absolute Gasteiger partial charge is 0.459 e. The van der Waals surface area contributed by atoms with Gasteiger partial charge in [0.1, 0.15) is 23.4 Å². The van der Waals surface area contributed by atoms with Gasteiger partial charge in [-0.25, -0.2) is 9.18 Å². The highest BCUT2D eigenvalue weighted by Crippen LogP contribution is 2.62. The Bertz CT molecular complexity index is 2070. The molecule has 5 aliphatic rings. The third-order valence-electron chi connectivity index (χ3n) is 16.3. The lowest BCUT2D eigenvalue weighted by atomic mass is 9.55. The zero-order chi connectivity index (χ0) is 51.3. The Kier molecular flexibility index (Phi) is 23.0. The number of fused-ring (bicyclic) bond motifs is 2. The third kappa shape index (κ3) is 15.6. The predicted octanol–water partition coefficient (Wildman–Crippen LogP) is 13.0. The predicted molar refractivity (Wildman–Crippen MR) is 284 cm³/mol. The van der Waals surface area contributed by atoms with Crippen LogP contribution in [0.2, 0.25) is 0 Å². The molecule has 404 valence electrons. The first-order chi connectivity index (χ1) is 35.8. The Labute approximate surface area is 435 Å². The second kappa shape index (κ2) is 29.7. The fourth-order valence-electron chi connectivity index (χ4n) is 12.5. The number of oxime groups is 1. The van der Waals surface area contributed by atoms with E-state index in [9.17, 15) is 19.4 Å². The number of hydrogen-bond acceptors (Lipinski definition) is 10. The van der Waals surface area contributed by atoms with Crippen molar-refractivity contribution in [3.05, 3.63) is 83.7 Å². The number of carbonyl (C=O) groups excluding carboxylic acids is 2. The highest BCUT2D eigenvalue weighted by atomic mass is 19.1. The molecule has 3 fully saturated rings. The quantitative estimate of drug-likeness (QED) is 0.0381. The average Bonchev–Trinajstić information content (AvgIpc) is 3.94. The molecule has 3 aliphatic carbocycles. The Balaban J connectivity index is 1.28. The van der Waals surface area contributed by atoms with Crippen LogP contribution in [0.4, 0.5) is 9.18 Å². The summed E-state index contributed by atoms with van der Waals surface area (Å²) in [5.74, 6) is -1.26. The van der Waals surface area contributed by atoms with Crippen LogP contribution in [-0.4, -0.2) is 83.9 Å². The average molecular weight is 1010 g/mol. The van der Waals surface area contributed by atoms with Crippen LogP contribution in [0, 0.1) is 29.5 Å². The zero-order valence-corrected chi connectivity index (χ0v) is 44.1. The van der Waals surface area contributed by atoms with Crippen LogP contribution in [0.1, 0.15) is 191 Å². The number of benzene rings is 2. The van der Waals surface area contributed by atoms with Crippen LogP contribution in [0.5, 0.6) is 11.5 Å². The summed E-state index contributed by atoms with van der Waals surface area (Å²) in [5.41, 5.74) is 3.24. The van der Waals surface area contributed by atoms with Crippen molar-refractivity contribution in [1.29, 1.82) is 0 Å². The van der Waals surface area contributed by atoms with E-state index in [0.29, 0.717) is 62.0 Å². The van der Waals surface area contributed by atoms with Crippen LogP contribution in [0.3, 0.4) is 0 Å². The van der Waals surface area contributed by atoms with E-state index in [2.05, 4.69) is 24.9 Å². The molecule has 0 aromatic heterocycles. The minimum Gasteiger partial charge on any atom is -0.459 e. The molecule has 0 bridgehead atoms. The van der Waals surface area contributed by atoms with Gasteiger partial charge < -0.3 is 44.2 Å². The van der Waals surface area contributed by atoms with Gasteiger partial charge in [0.05, 0.1) is 24.8 Å². The smallest absolute Gasteiger partial charge is 0.412 e. The van der Waals surface area contributed by atoms with E-state index in [1.54, 1.807) is 24.3 Å². The van der Waals surface area contributed by atoms with E-state index in [1.807, 2.05) is 17.0 Å². The number of nitrogens with one attached hydrogen (secondary N) is 1. The molecular formula is C60H88FN3O9. The molecule has 1 saturated heterocycles. The summed E-state index contributed by atoms with van der Waals surface area (Å²) in [7, 11) is 0. The van der Waals surface area contributed by atoms with Crippen molar-refractivity contribution in [3.8, 4) is 11.5 Å². The lowest BCUT2D eigenvalue weighted by Crippen LogP contribution is -2.70. The molecule has 2 saturated carbocycles. The van der Waals surface area contributed by atoms with Crippen molar-refractivity contribution < 1.29 is 48.0 Å². The second-order valence-electron chi connectivity index (χ2n) is 21.5. The molecule has 73 heavy (non-hydrogen) atoms. The first-order valence-corrected chi connectivity index (χ1v) is 28.6. The van der Waals surface area contributed by atoms with Crippen LogP contribution in [0.15, 0.2) is 71.9 Å². The summed E-state index contributed by atoms with van der Waals surface area (Å²) in [4.78, 5) is 37.0. The highest BCUT2D eigenvalue weighted by Gasteiger charge is 2.65. The number of nitrogens with zero attached hydrogens (tertiary/aromatic N) is 2. The number of unbranched alkanes of at least 4 members (excludes halogenated alkanes) is 11. The zero-order valence-electron chi connectivity index (χ0n) is 44.1. The highest BCUT2D eigenvalue weighted by molar-refractivity contribution is 6.03. The van der Waals surface area contributed by atoms with E-state index in [1.165, 1.54) is 69.9 Å². The number of allylic oxidation sites excluding steroid dienone is 1. The van der Waals surface area contributed by atoms with E-state index < -0.39 is 30.1 Å². The monoisotopic (exact) mass is 1010 g/mol. The normalized spacial score (nSPS) is 25.0. The van der Waals surface area contributed by atoms with Gasteiger partial charge in [0, 0.05) is 57.0 Å². The Hall–Kier alpha value is -4.30. The molecule has 12 nitrogen and oxygen atoms in total. The van der Waals surface area contributed by atoms with Gasteiger partial charge in [0.15, 0.2) is 0 Å². The van der Waals surface area contributed by atoms with Gasteiger partial charge in [-0.2, -0.15) is 0 Å². The first-order valence-electron chi connectivity index (χ1n) is 28.6. The molecule has 7 rings (SSSR count). The molecule has 7 atom stereocenters. The van der Waals surface area contributed by atoms with Gasteiger partial charge in [-0.15, -0.1) is 6.58 Å². The summed E-state index contributed by atoms with van der Waals surface area (Å²) in [5, 5.41) is 28.1. The lowest BCUT2D eigenvalue weighted by molar-refractivity contribution is -0.258. The van der Waals surface area contributed by atoms with Gasteiger partial charge in [0.2, 0.25) is 18.0 Å². The van der Waals surface area contributed by atoms with E-state index in [-0.39, 0.29) is 62.3 Å². The summed E-state index contributed by atoms with van der Waals surface area (Å²) < 4.78 is 41.3. The number of amides is 2. The van der Waals surface area contributed by atoms with E-state index in [0.717, 1.165) is 93.7 Å². The standard InChI is InChI=1S/C60H88FN3O9/c1-3-5-6-7-8-9-10-11-12-18-35-62-59(68)71-48-32-33-53-51(41-48)57-49(25-16-20-37-66)46(24-15-19-36-65)40-50-52(63-73-56-26-17-21-39-69-56)42-54(60(72-53,58(50)57)70-38-4-2)64(43-45-27-30-47(61)31-28-45)55(67)34-29-44-22-13-14-23-44/h4,27-28,30-33,40-41,44,46,49,54,56-58,65-66H,2-3,5-26,29,34-39,42-43H2,1H3,(H,62,68). The Morgan fingerprint density at radius 3 is 2.29 bits per heavy atom. The molecule has 2 heterocycles. The summed E-state index contributed by atoms with van der Waals surface area (Å²) in [6, 6.07) is 11.2. The van der Waals surface area contributed by atoms with Crippen LogP contribution in [0.25, 0.3) is 0 Å². The fourth-order valence-corrected chi connectivity index (χ4v) is 12.5. The number of rotatable bonds is 31. The molecule has 2 aromatic rings. The summed E-state index contributed by atoms with van der Waals surface area (Å²) >= 11 is 0. The van der Waals surface area contributed by atoms with Crippen LogP contribution in [-0.2, 0) is 25.7 Å². The first kappa shape index (κ1) is 56.4. The molecule has 2 aromatic carbocycles. The molecule has 13 heteroatoms. The van der Waals surface area contributed by atoms with Crippen molar-refractivity contribution in [2.45, 2.75) is 204 Å². The van der Waals surface area contributed by atoms with Crippen molar-refractivity contribution in [3.63, 3.8) is 0 Å². The van der Waals surface area contributed by atoms with E-state index in [4.69, 9.17) is 28.9 Å². The van der Waals surface area contributed by atoms with Gasteiger partial charge in [-0.1, -0.05) is 133 Å². The molecule has 2 amide bonds. The number of aliphatic hydroxyl groups excluding tert-OH is 2. The van der Waals surface area contributed by atoms with Crippen molar-refractivity contribution in [2.75, 3.05) is 33.0 Å². The molecule has 3 N–H and O–H groups in total. The number of aliphatic hydroxyl groups is 2. The molecular weight excluding hydrogens is 926 g/mol. The topological polar surface area (TPSA) is 148 Å². The molecule has 0 spiro atoms. The number of carbonyl (C=O) groups is 2. The maximum absolute atomic E-state index is 15.3. The van der Waals surface area contributed by atoms with Crippen molar-refractivity contribution in [1.82, 2.24) is 10.2 Å². The number of ether oxygens (including phenoxy) is 4. The van der Waals surface area contributed by atoms with Crippen LogP contribution >= 0.6 is 0 Å². The minimum absolute atomic E-state index is 0.0139. The van der Waals surface area contributed by atoms with Gasteiger partial charge in [-0.05, 0) is 111 Å². The SMILES string of the molecule is C=CCOC12Oc3ccc(OC(=O)NCCCCCCCCCCCC)cc3C3C(CCCCO)C(CCCCO)C=C(C(=NOC4CCCCO4)CC1N(Cc1ccc(F)cc1)C(=O)CCC1CCCC1)C32. The lowest BCUT2D eigenvalue weighted by Gasteiger charge is -2.60. The molecule has 7 unspecified atom stereocenters. The van der Waals surface area contributed by atoms with E-state index >= 15 is 4.79 Å². The number of halogens is 1. The maximum atomic E-state index is 15.3. The van der Waals surface area contributed by atoms with Crippen molar-refractivity contribution in [2.24, 2.45) is 28.8 Å². The summed E-state index contributed by atoms with van der Waals surface area (Å²) in [6.07, 6.45) is 28.0. The minimum atomic E-state index is -1.47. The third-order valence-corrected chi connectivity index (χ3v) is 16.3. The Morgan fingerprint density at radius 1 is 0.877 bits per heavy atom. The molecule has 2 aliphatic heterocycles. The summed E-state index contributed by atoms with van der Waals surface area (Å²) in [6.45, 7) is 7.91. The fraction of sp³-hybridized carbons (Fsp3) is 0.683. The van der Waals surface area contributed by atoms with Crippen molar-refractivity contribution >= 4 is 17.7 Å². The van der Waals surface area contributed by atoms with Gasteiger partial charge in [-0.3, -0.25) is 4.79 Å². The van der Waals surface area contributed by atoms with Gasteiger partial charge in [0.25, 0.3) is 0 Å². The van der Waals surface area contributed by atoms with Gasteiger partial charge >= 0.3 is 6.09 Å². The van der Waals surface area contributed by atoms with Crippen LogP contribution < -0.4 is 14.8 Å². The Morgan fingerprint density at radius 2 is 1.59 bits per heavy atom. The molecule has 0 radical (unpaired) electrons. The maximum Gasteiger partial charge on any atom is 0.412 e. The second-order valence-corrected chi connectivity index (χ2v) is 21.5. The number of hydrogen-bond donors (Lipinski definition) is 3.